The van der Waals surface area contributed by atoms with Crippen molar-refractivity contribution in [3.8, 4) is 22.8 Å². The van der Waals surface area contributed by atoms with Gasteiger partial charge in [0.25, 0.3) is 5.69 Å². The highest BCUT2D eigenvalue weighted by molar-refractivity contribution is 7.93. The second kappa shape index (κ2) is 10.2. The van der Waals surface area contributed by atoms with Crippen LogP contribution in [0, 0.1) is 10.1 Å². The number of benzene rings is 3. The summed E-state index contributed by atoms with van der Waals surface area (Å²) in [5.74, 6) is 1.25. The maximum Gasteiger partial charge on any atom is 0.293 e. The van der Waals surface area contributed by atoms with Crippen LogP contribution in [0.5, 0.6) is 5.75 Å². The van der Waals surface area contributed by atoms with Gasteiger partial charge in [-0.1, -0.05) is 42.5 Å². The second-order valence-electron chi connectivity index (χ2n) is 8.37. The molecule has 0 aliphatic carbocycles. The van der Waals surface area contributed by atoms with Crippen LogP contribution in [0.15, 0.2) is 85.2 Å². The molecule has 0 N–H and O–H groups in total. The molecule has 0 fully saturated rings. The Morgan fingerprint density at radius 1 is 1.06 bits per heavy atom. The van der Waals surface area contributed by atoms with Gasteiger partial charge in [0.2, 0.25) is 10.0 Å². The topological polar surface area (TPSA) is 108 Å². The molecule has 0 unspecified atom stereocenters. The van der Waals surface area contributed by atoms with Crippen molar-refractivity contribution in [2.75, 3.05) is 11.4 Å². The van der Waals surface area contributed by atoms with Gasteiger partial charge in [0.15, 0.2) is 0 Å². The number of hydrogen-bond donors (Lipinski definition) is 0. The zero-order valence-electron chi connectivity index (χ0n) is 20.1. The van der Waals surface area contributed by atoms with Gasteiger partial charge in [-0.25, -0.2) is 13.4 Å². The maximum absolute atomic E-state index is 13.5. The molecule has 0 amide bonds. The van der Waals surface area contributed by atoms with E-state index in [9.17, 15) is 18.5 Å². The molecule has 1 aromatic heterocycles. The molecule has 4 aromatic rings. The van der Waals surface area contributed by atoms with E-state index in [0.29, 0.717) is 22.8 Å². The summed E-state index contributed by atoms with van der Waals surface area (Å²) in [5.41, 5.74) is 1.73. The number of nitro benzene ring substituents is 1. The Kier molecular flexibility index (Phi) is 7.07. The average molecular weight is 507 g/mol. The van der Waals surface area contributed by atoms with Crippen molar-refractivity contribution in [1.82, 2.24) is 9.55 Å². The summed E-state index contributed by atoms with van der Waals surface area (Å²) in [6.07, 6.45) is 3.36. The van der Waals surface area contributed by atoms with Gasteiger partial charge in [0, 0.05) is 29.7 Å². The first-order valence-electron chi connectivity index (χ1n) is 11.2. The average Bonchev–Trinajstić information content (AvgIpc) is 3.37. The molecule has 0 radical (unpaired) electrons. The van der Waals surface area contributed by atoms with Crippen molar-refractivity contribution in [1.29, 1.82) is 0 Å². The number of ether oxygens (including phenoxy) is 1. The van der Waals surface area contributed by atoms with Gasteiger partial charge < -0.3 is 4.74 Å². The number of methoxy groups -OCH3 is 1. The van der Waals surface area contributed by atoms with Gasteiger partial charge >= 0.3 is 0 Å². The van der Waals surface area contributed by atoms with Crippen molar-refractivity contribution < 1.29 is 18.1 Å². The second-order valence-corrected chi connectivity index (χ2v) is 10.8. The third kappa shape index (κ3) is 4.94. The first kappa shape index (κ1) is 24.9. The summed E-state index contributed by atoms with van der Waals surface area (Å²) >= 11 is 0. The van der Waals surface area contributed by atoms with E-state index in [-0.39, 0.29) is 17.9 Å². The number of nitrogens with zero attached hydrogens (tertiary/aromatic N) is 4. The van der Waals surface area contributed by atoms with Crippen molar-refractivity contribution in [2.24, 2.45) is 0 Å². The minimum Gasteiger partial charge on any atom is -0.497 e. The fourth-order valence-electron chi connectivity index (χ4n) is 3.79. The predicted octanol–water partition coefficient (Wildman–Crippen LogP) is 5.20. The van der Waals surface area contributed by atoms with Crippen LogP contribution in [-0.2, 0) is 16.6 Å². The van der Waals surface area contributed by atoms with E-state index in [2.05, 4.69) is 4.98 Å². The number of nitro groups is 1. The summed E-state index contributed by atoms with van der Waals surface area (Å²) in [5, 5.41) is 11.2. The van der Waals surface area contributed by atoms with Crippen molar-refractivity contribution in [3.05, 3.63) is 101 Å². The Morgan fingerprint density at radius 2 is 1.75 bits per heavy atom. The molecule has 0 bridgehead atoms. The molecular weight excluding hydrogens is 480 g/mol. The van der Waals surface area contributed by atoms with Crippen LogP contribution in [0.1, 0.15) is 19.4 Å². The number of rotatable bonds is 9. The Bertz CT molecular complexity index is 1470. The first-order valence-corrected chi connectivity index (χ1v) is 12.7. The molecule has 186 valence electrons. The van der Waals surface area contributed by atoms with Crippen LogP contribution >= 0.6 is 0 Å². The minimum atomic E-state index is -3.94. The van der Waals surface area contributed by atoms with Gasteiger partial charge in [-0.15, -0.1) is 0 Å². The highest BCUT2D eigenvalue weighted by Crippen LogP contribution is 2.36. The Balaban J connectivity index is 1.87. The minimum absolute atomic E-state index is 0.0188. The molecule has 1 heterocycles. The predicted molar refractivity (Wildman–Crippen MR) is 139 cm³/mol. The lowest BCUT2D eigenvalue weighted by atomic mass is 10.1. The van der Waals surface area contributed by atoms with Gasteiger partial charge in [-0.05, 0) is 43.7 Å². The van der Waals surface area contributed by atoms with Crippen LogP contribution in [0.25, 0.3) is 17.1 Å². The SMILES string of the molecule is COc1ccc(CN(c2cc(-n3ccnc3-c3ccccc3)ccc2[N+](=O)[O-])S(=O)(=O)C(C)C)cc1. The van der Waals surface area contributed by atoms with Crippen LogP contribution in [0.4, 0.5) is 11.4 Å². The molecule has 10 heteroatoms. The largest absolute Gasteiger partial charge is 0.497 e. The molecule has 4 rings (SSSR count). The maximum atomic E-state index is 13.5. The monoisotopic (exact) mass is 506 g/mol. The van der Waals surface area contributed by atoms with E-state index in [4.69, 9.17) is 4.74 Å². The highest BCUT2D eigenvalue weighted by atomic mass is 32.2. The number of anilines is 1. The number of imidazole rings is 1. The zero-order chi connectivity index (χ0) is 25.9. The van der Waals surface area contributed by atoms with E-state index in [1.54, 1.807) is 68.2 Å². The highest BCUT2D eigenvalue weighted by Gasteiger charge is 2.32. The number of aromatic nitrogens is 2. The third-order valence-corrected chi connectivity index (χ3v) is 7.90. The molecule has 9 nitrogen and oxygen atoms in total. The molecule has 0 aliphatic rings. The molecule has 0 atom stereocenters. The van der Waals surface area contributed by atoms with E-state index < -0.39 is 20.2 Å². The molecular formula is C26H26N4O5S. The Morgan fingerprint density at radius 3 is 2.36 bits per heavy atom. The Labute approximate surface area is 209 Å². The summed E-state index contributed by atoms with van der Waals surface area (Å²) in [7, 11) is -2.40. The van der Waals surface area contributed by atoms with Crippen molar-refractivity contribution >= 4 is 21.4 Å². The lowest BCUT2D eigenvalue weighted by Gasteiger charge is -2.27. The normalized spacial score (nSPS) is 11.4. The van der Waals surface area contributed by atoms with Crippen molar-refractivity contribution in [3.63, 3.8) is 0 Å². The van der Waals surface area contributed by atoms with E-state index in [0.717, 1.165) is 9.87 Å². The van der Waals surface area contributed by atoms with Gasteiger partial charge in [0.05, 0.1) is 23.8 Å². The third-order valence-electron chi connectivity index (χ3n) is 5.76. The van der Waals surface area contributed by atoms with Crippen LogP contribution in [-0.4, -0.2) is 35.3 Å². The quantitative estimate of drug-likeness (QED) is 0.228. The van der Waals surface area contributed by atoms with Crippen molar-refractivity contribution in [2.45, 2.75) is 25.6 Å². The smallest absolute Gasteiger partial charge is 0.293 e. The lowest BCUT2D eigenvalue weighted by molar-refractivity contribution is -0.384. The van der Waals surface area contributed by atoms with E-state index in [1.807, 2.05) is 30.3 Å². The molecule has 36 heavy (non-hydrogen) atoms. The number of hydrogen-bond acceptors (Lipinski definition) is 6. The summed E-state index contributed by atoms with van der Waals surface area (Å²) in [6.45, 7) is 3.02. The molecule has 0 spiro atoms. The molecule has 0 aliphatic heterocycles. The molecule has 0 saturated carbocycles. The standard InChI is InChI=1S/C26H26N4O5S/c1-19(2)36(33,34)29(18-20-9-12-23(35-3)13-10-20)25-17-22(11-14-24(25)30(31)32)28-16-15-27-26(28)21-7-5-4-6-8-21/h4-17,19H,18H2,1-3H3. The van der Waals surface area contributed by atoms with E-state index >= 15 is 0 Å². The summed E-state index contributed by atoms with van der Waals surface area (Å²) < 4.78 is 35.0. The summed E-state index contributed by atoms with van der Waals surface area (Å²) in [6, 6.07) is 20.8. The first-order chi connectivity index (χ1) is 17.2. The zero-order valence-corrected chi connectivity index (χ0v) is 20.9. The molecule has 3 aromatic carbocycles. The fraction of sp³-hybridized carbons (Fsp3) is 0.192. The lowest BCUT2D eigenvalue weighted by Crippen LogP contribution is -2.36. The van der Waals surface area contributed by atoms with Crippen LogP contribution < -0.4 is 9.04 Å². The van der Waals surface area contributed by atoms with Crippen LogP contribution in [0.3, 0.4) is 0 Å². The van der Waals surface area contributed by atoms with E-state index in [1.165, 1.54) is 12.1 Å². The summed E-state index contributed by atoms with van der Waals surface area (Å²) in [4.78, 5) is 15.9. The van der Waals surface area contributed by atoms with Gasteiger partial charge in [-0.2, -0.15) is 0 Å². The molecule has 0 saturated heterocycles. The number of sulfonamides is 1. The Hall–Kier alpha value is -4.18. The van der Waals surface area contributed by atoms with Crippen LogP contribution in [0.2, 0.25) is 0 Å². The van der Waals surface area contributed by atoms with Gasteiger partial charge in [0.1, 0.15) is 17.3 Å². The van der Waals surface area contributed by atoms with Gasteiger partial charge in [-0.3, -0.25) is 19.0 Å². The fourth-order valence-corrected chi connectivity index (χ4v) is 5.05.